The predicted octanol–water partition coefficient (Wildman–Crippen LogP) is 3.71. The smallest absolute Gasteiger partial charge is 0.265 e. The number of aryl methyl sites for hydroxylation is 4. The third-order valence-corrected chi connectivity index (χ3v) is 7.33. The van der Waals surface area contributed by atoms with E-state index in [9.17, 15) is 9.59 Å². The fraction of sp³-hybridized carbons (Fsp3) is 0.350. The van der Waals surface area contributed by atoms with Gasteiger partial charge in [-0.1, -0.05) is 6.07 Å². The first kappa shape index (κ1) is 19.0. The number of carbonyl (C=O) groups excluding carboxylic acids is 2. The second-order valence-corrected chi connectivity index (χ2v) is 9.15. The molecule has 3 aromatic rings. The highest BCUT2D eigenvalue weighted by molar-refractivity contribution is 7.99. The Morgan fingerprint density at radius 1 is 1.18 bits per heavy atom. The minimum absolute atomic E-state index is 0.0918. The largest absolute Gasteiger partial charge is 0.324 e. The summed E-state index contributed by atoms with van der Waals surface area (Å²) in [5.74, 6) is 0.898. The van der Waals surface area contributed by atoms with Crippen molar-refractivity contribution >= 4 is 50.8 Å². The number of nitrogens with zero attached hydrogens (tertiary/aromatic N) is 3. The Bertz CT molecular complexity index is 1050. The van der Waals surface area contributed by atoms with Crippen LogP contribution in [0.15, 0.2) is 24.3 Å². The Hall–Kier alpha value is -2.32. The summed E-state index contributed by atoms with van der Waals surface area (Å²) in [6, 6.07) is 7.28. The quantitative estimate of drug-likeness (QED) is 0.709. The van der Waals surface area contributed by atoms with E-state index in [1.807, 2.05) is 52.1 Å². The van der Waals surface area contributed by atoms with Gasteiger partial charge in [-0.3, -0.25) is 14.3 Å². The summed E-state index contributed by atoms with van der Waals surface area (Å²) in [7, 11) is 1.88. The predicted molar refractivity (Wildman–Crippen MR) is 115 cm³/mol. The summed E-state index contributed by atoms with van der Waals surface area (Å²) < 4.78 is 1.80. The van der Waals surface area contributed by atoms with Crippen LogP contribution in [-0.2, 0) is 11.8 Å². The van der Waals surface area contributed by atoms with Gasteiger partial charge in [-0.25, -0.2) is 0 Å². The molecule has 0 spiro atoms. The van der Waals surface area contributed by atoms with E-state index >= 15 is 0 Å². The zero-order valence-electron chi connectivity index (χ0n) is 16.3. The van der Waals surface area contributed by atoms with Gasteiger partial charge in [0.1, 0.15) is 10.9 Å². The number of nitrogens with one attached hydrogen (secondary N) is 1. The van der Waals surface area contributed by atoms with Gasteiger partial charge in [-0.15, -0.1) is 23.1 Å². The molecule has 8 heteroatoms. The lowest BCUT2D eigenvalue weighted by atomic mass is 10.1. The lowest BCUT2D eigenvalue weighted by Gasteiger charge is -2.22. The molecule has 1 aliphatic heterocycles. The van der Waals surface area contributed by atoms with Gasteiger partial charge in [0.15, 0.2) is 0 Å². The van der Waals surface area contributed by atoms with Gasteiger partial charge in [0, 0.05) is 23.9 Å². The Balaban J connectivity index is 1.54. The van der Waals surface area contributed by atoms with Crippen LogP contribution in [0.5, 0.6) is 0 Å². The van der Waals surface area contributed by atoms with E-state index in [-0.39, 0.29) is 11.8 Å². The molecule has 1 aliphatic rings. The van der Waals surface area contributed by atoms with Gasteiger partial charge in [0.25, 0.3) is 5.91 Å². The van der Waals surface area contributed by atoms with E-state index in [0.717, 1.165) is 27.2 Å². The molecule has 3 heterocycles. The topological polar surface area (TPSA) is 67.2 Å². The monoisotopic (exact) mass is 414 g/mol. The number of rotatable bonds is 3. The van der Waals surface area contributed by atoms with Crippen LogP contribution in [0.25, 0.3) is 10.2 Å². The number of carbonyl (C=O) groups is 2. The third kappa shape index (κ3) is 3.31. The molecular weight excluding hydrogens is 392 g/mol. The van der Waals surface area contributed by atoms with E-state index < -0.39 is 6.04 Å². The van der Waals surface area contributed by atoms with Crippen LogP contribution in [-0.4, -0.2) is 44.2 Å². The standard InChI is InChI=1S/C20H22N4O2S2/c1-11-5-6-14(7-12(11)2)21-18(25)16-9-27-10-24(16)19(26)17-8-15-13(3)22-23(4)20(15)28-17/h5-8,16H,9-10H2,1-4H3,(H,21,25). The van der Waals surface area contributed by atoms with Gasteiger partial charge in [0.05, 0.1) is 16.4 Å². The Labute approximate surface area is 171 Å². The number of hydrogen-bond donors (Lipinski definition) is 1. The summed E-state index contributed by atoms with van der Waals surface area (Å²) in [5.41, 5.74) is 3.98. The Morgan fingerprint density at radius 3 is 2.68 bits per heavy atom. The number of thiophene rings is 1. The molecule has 2 amide bonds. The van der Waals surface area contributed by atoms with Crippen molar-refractivity contribution < 1.29 is 9.59 Å². The van der Waals surface area contributed by atoms with Gasteiger partial charge in [-0.05, 0) is 50.1 Å². The second kappa shape index (κ2) is 7.25. The van der Waals surface area contributed by atoms with Crippen molar-refractivity contribution in [1.29, 1.82) is 0 Å². The number of benzene rings is 1. The van der Waals surface area contributed by atoms with Crippen LogP contribution < -0.4 is 5.32 Å². The minimum atomic E-state index is -0.469. The molecule has 6 nitrogen and oxygen atoms in total. The fourth-order valence-electron chi connectivity index (χ4n) is 3.36. The maximum Gasteiger partial charge on any atom is 0.265 e. The summed E-state index contributed by atoms with van der Waals surface area (Å²) >= 11 is 3.03. The van der Waals surface area contributed by atoms with Crippen LogP contribution in [0.2, 0.25) is 0 Å². The van der Waals surface area contributed by atoms with Crippen molar-refractivity contribution in [2.24, 2.45) is 7.05 Å². The zero-order valence-corrected chi connectivity index (χ0v) is 17.9. The lowest BCUT2D eigenvalue weighted by Crippen LogP contribution is -2.44. The number of hydrogen-bond acceptors (Lipinski definition) is 5. The average Bonchev–Trinajstić information content (AvgIpc) is 3.36. The van der Waals surface area contributed by atoms with E-state index in [4.69, 9.17) is 0 Å². The summed E-state index contributed by atoms with van der Waals surface area (Å²) in [6.07, 6.45) is 0. The molecule has 1 fully saturated rings. The van der Waals surface area contributed by atoms with Gasteiger partial charge < -0.3 is 10.2 Å². The van der Waals surface area contributed by atoms with Crippen LogP contribution in [0.4, 0.5) is 5.69 Å². The second-order valence-electron chi connectivity index (χ2n) is 7.12. The zero-order chi connectivity index (χ0) is 20.0. The first-order valence-electron chi connectivity index (χ1n) is 9.05. The molecule has 4 rings (SSSR count). The van der Waals surface area contributed by atoms with Gasteiger partial charge >= 0.3 is 0 Å². The van der Waals surface area contributed by atoms with Crippen molar-refractivity contribution in [3.05, 3.63) is 46.0 Å². The third-order valence-electron chi connectivity index (χ3n) is 5.13. The molecule has 1 unspecified atom stereocenters. The molecule has 1 N–H and O–H groups in total. The molecule has 1 aromatic carbocycles. The molecule has 0 bridgehead atoms. The average molecular weight is 415 g/mol. The molecule has 2 aromatic heterocycles. The Morgan fingerprint density at radius 2 is 1.96 bits per heavy atom. The Kier molecular flexibility index (Phi) is 4.93. The SMILES string of the molecule is Cc1ccc(NC(=O)C2CSCN2C(=O)c2cc3c(C)nn(C)c3s2)cc1C. The molecular formula is C20H22N4O2S2. The normalized spacial score (nSPS) is 16.7. The van der Waals surface area contributed by atoms with Gasteiger partial charge in [-0.2, -0.15) is 5.10 Å². The number of amides is 2. The number of fused-ring (bicyclic) bond motifs is 1. The number of anilines is 1. The summed E-state index contributed by atoms with van der Waals surface area (Å²) in [5, 5.41) is 8.36. The molecule has 28 heavy (non-hydrogen) atoms. The molecule has 146 valence electrons. The summed E-state index contributed by atoms with van der Waals surface area (Å²) in [4.78, 5) is 29.3. The van der Waals surface area contributed by atoms with E-state index in [0.29, 0.717) is 16.5 Å². The maximum absolute atomic E-state index is 13.1. The lowest BCUT2D eigenvalue weighted by molar-refractivity contribution is -0.119. The van der Waals surface area contributed by atoms with Crippen molar-refractivity contribution in [2.45, 2.75) is 26.8 Å². The molecule has 0 radical (unpaired) electrons. The van der Waals surface area contributed by atoms with Crippen molar-refractivity contribution in [3.63, 3.8) is 0 Å². The summed E-state index contributed by atoms with van der Waals surface area (Å²) in [6.45, 7) is 6.00. The highest BCUT2D eigenvalue weighted by atomic mass is 32.2. The molecule has 1 atom stereocenters. The van der Waals surface area contributed by atoms with Crippen molar-refractivity contribution in [3.8, 4) is 0 Å². The molecule has 1 saturated heterocycles. The van der Waals surface area contributed by atoms with Crippen molar-refractivity contribution in [1.82, 2.24) is 14.7 Å². The van der Waals surface area contributed by atoms with E-state index in [2.05, 4.69) is 10.4 Å². The van der Waals surface area contributed by atoms with Crippen LogP contribution in [0, 0.1) is 20.8 Å². The van der Waals surface area contributed by atoms with Crippen molar-refractivity contribution in [2.75, 3.05) is 16.9 Å². The molecule has 0 saturated carbocycles. The van der Waals surface area contributed by atoms with E-state index in [1.54, 1.807) is 21.3 Å². The van der Waals surface area contributed by atoms with Gasteiger partial charge in [0.2, 0.25) is 5.91 Å². The minimum Gasteiger partial charge on any atom is -0.324 e. The first-order chi connectivity index (χ1) is 13.3. The highest BCUT2D eigenvalue weighted by Crippen LogP contribution is 2.31. The molecule has 0 aliphatic carbocycles. The van der Waals surface area contributed by atoms with Crippen LogP contribution in [0.1, 0.15) is 26.5 Å². The number of aromatic nitrogens is 2. The fourth-order valence-corrected chi connectivity index (χ4v) is 5.59. The van der Waals surface area contributed by atoms with E-state index in [1.165, 1.54) is 16.9 Å². The van der Waals surface area contributed by atoms with Crippen LogP contribution >= 0.6 is 23.1 Å². The first-order valence-corrected chi connectivity index (χ1v) is 11.0. The maximum atomic E-state index is 13.1. The highest BCUT2D eigenvalue weighted by Gasteiger charge is 2.36. The van der Waals surface area contributed by atoms with Crippen LogP contribution in [0.3, 0.4) is 0 Å². The number of thioether (sulfide) groups is 1.